The van der Waals surface area contributed by atoms with Crippen LogP contribution < -0.4 is 9.96 Å². The first-order valence-electron chi connectivity index (χ1n) is 10.9. The molecule has 0 bridgehead atoms. The molecule has 3 aromatic rings. The molecule has 2 saturated heterocycles. The van der Waals surface area contributed by atoms with Gasteiger partial charge in [-0.1, -0.05) is 30.3 Å². The Morgan fingerprint density at radius 2 is 1.59 bits per heavy atom. The summed E-state index contributed by atoms with van der Waals surface area (Å²) in [5.41, 5.74) is 1.99. The number of hydroxylamine groups is 1. The third-order valence-corrected chi connectivity index (χ3v) is 5.97. The van der Waals surface area contributed by atoms with Gasteiger partial charge in [0.15, 0.2) is 6.10 Å². The SMILES string of the molecule is CCOC(=O)c1ccc(N2C(=O)[C@@H]3[C@@H](ON(c4ccccc4)[C@H]3c3ccc(F)cc3)C2=O)cc1. The van der Waals surface area contributed by atoms with Crippen LogP contribution in [0.1, 0.15) is 28.9 Å². The molecule has 3 aromatic carbocycles. The van der Waals surface area contributed by atoms with Crippen LogP contribution in [0.25, 0.3) is 0 Å². The average molecular weight is 460 g/mol. The van der Waals surface area contributed by atoms with Crippen molar-refractivity contribution in [2.75, 3.05) is 16.6 Å². The molecule has 0 radical (unpaired) electrons. The predicted octanol–water partition coefficient (Wildman–Crippen LogP) is 4.05. The van der Waals surface area contributed by atoms with Gasteiger partial charge < -0.3 is 4.74 Å². The number of carbonyl (C=O) groups excluding carboxylic acids is 3. The highest BCUT2D eigenvalue weighted by molar-refractivity contribution is 6.24. The maximum Gasteiger partial charge on any atom is 0.338 e. The van der Waals surface area contributed by atoms with Gasteiger partial charge in [-0.2, -0.15) is 0 Å². The van der Waals surface area contributed by atoms with Crippen molar-refractivity contribution in [2.24, 2.45) is 5.92 Å². The van der Waals surface area contributed by atoms with E-state index in [4.69, 9.17) is 9.57 Å². The van der Waals surface area contributed by atoms with Gasteiger partial charge in [-0.15, -0.1) is 0 Å². The first-order chi connectivity index (χ1) is 16.5. The van der Waals surface area contributed by atoms with Gasteiger partial charge in [0.1, 0.15) is 11.7 Å². The molecule has 2 heterocycles. The maximum absolute atomic E-state index is 13.6. The molecule has 2 aliphatic heterocycles. The molecule has 0 unspecified atom stereocenters. The van der Waals surface area contributed by atoms with Crippen LogP contribution in [0, 0.1) is 11.7 Å². The minimum absolute atomic E-state index is 0.243. The number of amides is 2. The molecule has 172 valence electrons. The van der Waals surface area contributed by atoms with E-state index < -0.39 is 41.7 Å². The molecule has 5 rings (SSSR count). The number of hydrogen-bond donors (Lipinski definition) is 0. The van der Waals surface area contributed by atoms with E-state index in [0.717, 1.165) is 4.90 Å². The molecular weight excluding hydrogens is 439 g/mol. The van der Waals surface area contributed by atoms with E-state index in [0.29, 0.717) is 22.5 Å². The van der Waals surface area contributed by atoms with Gasteiger partial charge in [-0.3, -0.25) is 14.4 Å². The van der Waals surface area contributed by atoms with Gasteiger partial charge in [0.25, 0.3) is 5.91 Å². The maximum atomic E-state index is 13.6. The van der Waals surface area contributed by atoms with Crippen LogP contribution in [0.15, 0.2) is 78.9 Å². The number of hydrogen-bond acceptors (Lipinski definition) is 6. The molecule has 34 heavy (non-hydrogen) atoms. The molecule has 3 atom stereocenters. The normalized spacial score (nSPS) is 21.6. The number of imide groups is 1. The van der Waals surface area contributed by atoms with Crippen LogP contribution in [0.2, 0.25) is 0 Å². The summed E-state index contributed by atoms with van der Waals surface area (Å²) in [6, 6.07) is 20.4. The lowest BCUT2D eigenvalue weighted by molar-refractivity contribution is -0.126. The third-order valence-electron chi connectivity index (χ3n) is 5.97. The third kappa shape index (κ3) is 3.62. The molecule has 0 aliphatic carbocycles. The van der Waals surface area contributed by atoms with Crippen LogP contribution in [0.4, 0.5) is 15.8 Å². The first kappa shape index (κ1) is 21.8. The van der Waals surface area contributed by atoms with Crippen molar-refractivity contribution in [3.05, 3.63) is 95.8 Å². The summed E-state index contributed by atoms with van der Waals surface area (Å²) in [7, 11) is 0. The minimum Gasteiger partial charge on any atom is -0.462 e. The Hall–Kier alpha value is -4.04. The summed E-state index contributed by atoms with van der Waals surface area (Å²) in [5.74, 6) is -2.63. The first-order valence-corrected chi connectivity index (χ1v) is 10.9. The molecule has 0 spiro atoms. The Labute approximate surface area is 195 Å². The fourth-order valence-corrected chi connectivity index (χ4v) is 4.43. The van der Waals surface area contributed by atoms with E-state index in [1.54, 1.807) is 24.1 Å². The lowest BCUT2D eigenvalue weighted by atomic mass is 9.90. The number of nitrogens with zero attached hydrogens (tertiary/aromatic N) is 2. The van der Waals surface area contributed by atoms with E-state index in [1.807, 2.05) is 30.3 Å². The number of carbonyl (C=O) groups is 3. The van der Waals surface area contributed by atoms with Crippen molar-refractivity contribution in [3.8, 4) is 0 Å². The smallest absolute Gasteiger partial charge is 0.338 e. The number of anilines is 2. The lowest BCUT2D eigenvalue weighted by Crippen LogP contribution is -2.37. The Kier molecular flexibility index (Phi) is 5.59. The Morgan fingerprint density at radius 1 is 0.912 bits per heavy atom. The van der Waals surface area contributed by atoms with Gasteiger partial charge in [-0.25, -0.2) is 19.1 Å². The Bertz CT molecular complexity index is 1230. The van der Waals surface area contributed by atoms with Crippen LogP contribution in [0.3, 0.4) is 0 Å². The van der Waals surface area contributed by atoms with Gasteiger partial charge in [0.2, 0.25) is 5.91 Å². The number of rotatable bonds is 5. The minimum atomic E-state index is -1.03. The van der Waals surface area contributed by atoms with Gasteiger partial charge in [0.05, 0.1) is 29.6 Å². The van der Waals surface area contributed by atoms with Crippen LogP contribution in [0.5, 0.6) is 0 Å². The predicted molar refractivity (Wildman–Crippen MR) is 121 cm³/mol. The summed E-state index contributed by atoms with van der Waals surface area (Å²) in [6.07, 6.45) is -1.03. The van der Waals surface area contributed by atoms with E-state index in [9.17, 15) is 18.8 Å². The summed E-state index contributed by atoms with van der Waals surface area (Å²) < 4.78 is 18.6. The zero-order valence-corrected chi connectivity index (χ0v) is 18.3. The van der Waals surface area contributed by atoms with Gasteiger partial charge >= 0.3 is 5.97 Å². The van der Waals surface area contributed by atoms with Crippen molar-refractivity contribution < 1.29 is 28.3 Å². The van der Waals surface area contributed by atoms with Crippen molar-refractivity contribution in [1.82, 2.24) is 0 Å². The van der Waals surface area contributed by atoms with Gasteiger partial charge in [0, 0.05) is 0 Å². The molecule has 0 aromatic heterocycles. The Balaban J connectivity index is 1.50. The highest BCUT2D eigenvalue weighted by Crippen LogP contribution is 2.47. The topological polar surface area (TPSA) is 76.2 Å². The molecule has 8 heteroatoms. The molecule has 2 aliphatic rings. The lowest BCUT2D eigenvalue weighted by Gasteiger charge is -2.28. The summed E-state index contributed by atoms with van der Waals surface area (Å²) in [6.45, 7) is 1.95. The van der Waals surface area contributed by atoms with Gasteiger partial charge in [-0.05, 0) is 61.0 Å². The molecule has 7 nitrogen and oxygen atoms in total. The van der Waals surface area contributed by atoms with E-state index >= 15 is 0 Å². The van der Waals surface area contributed by atoms with Crippen LogP contribution in [-0.4, -0.2) is 30.5 Å². The highest BCUT2D eigenvalue weighted by atomic mass is 19.1. The fraction of sp³-hybridized carbons (Fsp3) is 0.192. The standard InChI is InChI=1S/C26H21FN2O5/c1-2-33-26(32)17-10-14-19(15-11-17)28-24(30)21-22(16-8-12-18(27)13-9-16)29(34-23(21)25(28)31)20-6-4-3-5-7-20/h3-15,21-23H,2H2,1H3/t21-,22-,23+/m0/s1. The highest BCUT2D eigenvalue weighted by Gasteiger charge is 2.60. The van der Waals surface area contributed by atoms with E-state index in [-0.39, 0.29) is 6.61 Å². The fourth-order valence-electron chi connectivity index (χ4n) is 4.43. The van der Waals surface area contributed by atoms with E-state index in [2.05, 4.69) is 0 Å². The van der Waals surface area contributed by atoms with Crippen LogP contribution >= 0.6 is 0 Å². The summed E-state index contributed by atoms with van der Waals surface area (Å²) >= 11 is 0. The second-order valence-corrected chi connectivity index (χ2v) is 7.99. The number of para-hydroxylation sites is 1. The summed E-state index contributed by atoms with van der Waals surface area (Å²) in [4.78, 5) is 46.0. The number of fused-ring (bicyclic) bond motifs is 1. The second kappa shape index (κ2) is 8.72. The van der Waals surface area contributed by atoms with Crippen molar-refractivity contribution in [1.29, 1.82) is 0 Å². The van der Waals surface area contributed by atoms with Crippen molar-refractivity contribution in [2.45, 2.75) is 19.1 Å². The quantitative estimate of drug-likeness (QED) is 0.422. The zero-order valence-electron chi connectivity index (χ0n) is 18.3. The average Bonchev–Trinajstić information content (AvgIpc) is 3.36. The number of esters is 1. The number of benzene rings is 3. The molecule has 2 amide bonds. The monoisotopic (exact) mass is 460 g/mol. The number of halogens is 1. The molecular formula is C26H21FN2O5. The molecule has 0 N–H and O–H groups in total. The molecule has 2 fully saturated rings. The molecule has 0 saturated carbocycles. The second-order valence-electron chi connectivity index (χ2n) is 7.99. The van der Waals surface area contributed by atoms with Crippen LogP contribution in [-0.2, 0) is 19.2 Å². The zero-order chi connectivity index (χ0) is 23.8. The largest absolute Gasteiger partial charge is 0.462 e. The number of ether oxygens (including phenoxy) is 1. The Morgan fingerprint density at radius 3 is 2.24 bits per heavy atom. The summed E-state index contributed by atoms with van der Waals surface area (Å²) in [5, 5.41) is 1.56. The van der Waals surface area contributed by atoms with Crippen molar-refractivity contribution >= 4 is 29.2 Å². The van der Waals surface area contributed by atoms with E-state index in [1.165, 1.54) is 36.4 Å². The van der Waals surface area contributed by atoms with Crippen molar-refractivity contribution in [3.63, 3.8) is 0 Å².